The minimum Gasteiger partial charge on any atom is -0.507 e. The number of allylic oxidation sites excluding steroid dienone is 2. The summed E-state index contributed by atoms with van der Waals surface area (Å²) in [6.45, 7) is 9.38. The lowest BCUT2D eigenvalue weighted by atomic mass is 9.97. The van der Waals surface area contributed by atoms with Crippen molar-refractivity contribution in [1.82, 2.24) is 0 Å². The van der Waals surface area contributed by atoms with Crippen molar-refractivity contribution in [3.63, 3.8) is 0 Å². The third-order valence-electron chi connectivity index (χ3n) is 2.93. The number of benzene rings is 1. The van der Waals surface area contributed by atoms with Crippen molar-refractivity contribution >= 4 is 6.08 Å². The lowest BCUT2D eigenvalue weighted by Crippen LogP contribution is -1.97. The lowest BCUT2D eigenvalue weighted by Gasteiger charge is -2.16. The van der Waals surface area contributed by atoms with Gasteiger partial charge in [-0.1, -0.05) is 24.3 Å². The van der Waals surface area contributed by atoms with E-state index in [1.54, 1.807) is 6.92 Å². The topological polar surface area (TPSA) is 49.7 Å². The Kier molecular flexibility index (Phi) is 4.43. The number of hydrogen-bond donors (Lipinski definition) is 2. The van der Waals surface area contributed by atoms with Gasteiger partial charge in [-0.2, -0.15) is 0 Å². The predicted octanol–water partition coefficient (Wildman–Crippen LogP) is 3.57. The average molecular weight is 248 g/mol. The molecule has 0 heterocycles. The molecule has 1 aromatic carbocycles. The van der Waals surface area contributed by atoms with Gasteiger partial charge in [0.15, 0.2) is 11.5 Å². The summed E-state index contributed by atoms with van der Waals surface area (Å²) >= 11 is 0. The molecule has 0 aliphatic rings. The largest absolute Gasteiger partial charge is 0.507 e. The van der Waals surface area contributed by atoms with Crippen LogP contribution in [0.2, 0.25) is 0 Å². The number of phenolic OH excluding ortho intramolecular Hbond substituents is 2. The summed E-state index contributed by atoms with van der Waals surface area (Å²) in [6.07, 6.45) is 4.05. The van der Waals surface area contributed by atoms with Crippen LogP contribution in [0.4, 0.5) is 0 Å². The molecule has 0 atom stereocenters. The first kappa shape index (κ1) is 14.2. The Morgan fingerprint density at radius 1 is 1.28 bits per heavy atom. The fourth-order valence-electron chi connectivity index (χ4n) is 1.84. The molecular weight excluding hydrogens is 228 g/mol. The van der Waals surface area contributed by atoms with E-state index < -0.39 is 0 Å². The van der Waals surface area contributed by atoms with Gasteiger partial charge < -0.3 is 14.9 Å². The summed E-state index contributed by atoms with van der Waals surface area (Å²) in [4.78, 5) is 0. The molecular formula is C15H20O3. The van der Waals surface area contributed by atoms with Crippen LogP contribution in [0, 0.1) is 6.92 Å². The second-order valence-electron chi connectivity index (χ2n) is 4.44. The van der Waals surface area contributed by atoms with E-state index in [0.29, 0.717) is 23.1 Å². The zero-order valence-electron chi connectivity index (χ0n) is 11.4. The molecule has 0 saturated carbocycles. The maximum absolute atomic E-state index is 10.2. The Balaban J connectivity index is 3.49. The molecule has 0 bridgehead atoms. The molecule has 0 fully saturated rings. The smallest absolute Gasteiger partial charge is 0.171 e. The molecule has 18 heavy (non-hydrogen) atoms. The Labute approximate surface area is 108 Å². The van der Waals surface area contributed by atoms with E-state index in [-0.39, 0.29) is 17.2 Å². The van der Waals surface area contributed by atoms with E-state index in [1.807, 2.05) is 19.9 Å². The van der Waals surface area contributed by atoms with Crippen LogP contribution in [0.3, 0.4) is 0 Å². The van der Waals surface area contributed by atoms with Gasteiger partial charge in [0.25, 0.3) is 0 Å². The molecule has 1 aromatic rings. The first-order valence-electron chi connectivity index (χ1n) is 5.81. The van der Waals surface area contributed by atoms with Crippen molar-refractivity contribution in [3.8, 4) is 17.2 Å². The summed E-state index contributed by atoms with van der Waals surface area (Å²) in [5.41, 5.74) is 2.92. The standard InChI is InChI=1S/C15H20O3/c1-6-11-14(17)12(8-7-9(2)3)10(4)13(16)15(11)18-5/h6-7,16-17H,1,8H2,2-5H3. The fourth-order valence-corrected chi connectivity index (χ4v) is 1.84. The first-order valence-corrected chi connectivity index (χ1v) is 5.81. The van der Waals surface area contributed by atoms with Gasteiger partial charge in [-0.05, 0) is 27.2 Å². The Bertz CT molecular complexity index is 495. The molecule has 98 valence electrons. The molecule has 1 rings (SSSR count). The average Bonchev–Trinajstić information content (AvgIpc) is 2.32. The number of rotatable bonds is 4. The van der Waals surface area contributed by atoms with Crippen molar-refractivity contribution in [2.75, 3.05) is 7.11 Å². The van der Waals surface area contributed by atoms with Gasteiger partial charge in [-0.15, -0.1) is 0 Å². The van der Waals surface area contributed by atoms with Gasteiger partial charge in [-0.25, -0.2) is 0 Å². The van der Waals surface area contributed by atoms with Crippen molar-refractivity contribution in [3.05, 3.63) is 34.9 Å². The molecule has 0 spiro atoms. The Morgan fingerprint density at radius 3 is 2.33 bits per heavy atom. The van der Waals surface area contributed by atoms with Crippen LogP contribution in [-0.4, -0.2) is 17.3 Å². The Hall–Kier alpha value is -1.90. The highest BCUT2D eigenvalue weighted by atomic mass is 16.5. The maximum Gasteiger partial charge on any atom is 0.171 e. The highest BCUT2D eigenvalue weighted by molar-refractivity contribution is 5.72. The second kappa shape index (κ2) is 5.63. The number of hydrogen-bond acceptors (Lipinski definition) is 3. The van der Waals surface area contributed by atoms with E-state index >= 15 is 0 Å². The number of methoxy groups -OCH3 is 1. The van der Waals surface area contributed by atoms with Gasteiger partial charge in [-0.3, -0.25) is 0 Å². The predicted molar refractivity (Wildman–Crippen MR) is 74.3 cm³/mol. The van der Waals surface area contributed by atoms with E-state index in [1.165, 1.54) is 13.2 Å². The molecule has 2 N–H and O–H groups in total. The van der Waals surface area contributed by atoms with Crippen LogP contribution in [0.25, 0.3) is 6.08 Å². The van der Waals surface area contributed by atoms with E-state index in [0.717, 1.165) is 5.57 Å². The molecule has 0 saturated heterocycles. The van der Waals surface area contributed by atoms with E-state index in [2.05, 4.69) is 6.58 Å². The van der Waals surface area contributed by atoms with Crippen molar-refractivity contribution < 1.29 is 14.9 Å². The number of aromatic hydroxyl groups is 2. The molecule has 0 aromatic heterocycles. The van der Waals surface area contributed by atoms with Gasteiger partial charge in [0, 0.05) is 11.1 Å². The summed E-state index contributed by atoms with van der Waals surface area (Å²) in [6, 6.07) is 0. The minimum atomic E-state index is 0.0577. The second-order valence-corrected chi connectivity index (χ2v) is 4.44. The quantitative estimate of drug-likeness (QED) is 0.632. The molecule has 3 heteroatoms. The molecule has 0 unspecified atom stereocenters. The zero-order chi connectivity index (χ0) is 13.9. The molecule has 0 aliphatic heterocycles. The van der Waals surface area contributed by atoms with Crippen LogP contribution < -0.4 is 4.74 Å². The zero-order valence-corrected chi connectivity index (χ0v) is 11.4. The highest BCUT2D eigenvalue weighted by Gasteiger charge is 2.19. The highest BCUT2D eigenvalue weighted by Crippen LogP contribution is 2.43. The fraction of sp³-hybridized carbons (Fsp3) is 0.333. The summed E-state index contributed by atoms with van der Waals surface area (Å²) in [7, 11) is 1.46. The monoisotopic (exact) mass is 248 g/mol. The normalized spacial score (nSPS) is 10.0. The van der Waals surface area contributed by atoms with Crippen molar-refractivity contribution in [2.24, 2.45) is 0 Å². The summed E-state index contributed by atoms with van der Waals surface area (Å²) in [5.74, 6) is 0.443. The molecule has 0 aliphatic carbocycles. The van der Waals surface area contributed by atoms with Crippen molar-refractivity contribution in [2.45, 2.75) is 27.2 Å². The van der Waals surface area contributed by atoms with Gasteiger partial charge in [0.2, 0.25) is 0 Å². The molecule has 3 nitrogen and oxygen atoms in total. The van der Waals surface area contributed by atoms with Crippen LogP contribution in [0.15, 0.2) is 18.2 Å². The van der Waals surface area contributed by atoms with E-state index in [9.17, 15) is 10.2 Å². The minimum absolute atomic E-state index is 0.0577. The third-order valence-corrected chi connectivity index (χ3v) is 2.93. The van der Waals surface area contributed by atoms with Gasteiger partial charge in [0.1, 0.15) is 5.75 Å². The summed E-state index contributed by atoms with van der Waals surface area (Å²) < 4.78 is 5.11. The van der Waals surface area contributed by atoms with E-state index in [4.69, 9.17) is 4.74 Å². The molecule has 0 radical (unpaired) electrons. The number of phenols is 2. The first-order chi connectivity index (χ1) is 8.43. The van der Waals surface area contributed by atoms with Gasteiger partial charge >= 0.3 is 0 Å². The van der Waals surface area contributed by atoms with Crippen LogP contribution >= 0.6 is 0 Å². The SMILES string of the molecule is C=Cc1c(O)c(CC=C(C)C)c(C)c(O)c1OC. The lowest BCUT2D eigenvalue weighted by molar-refractivity contribution is 0.364. The maximum atomic E-state index is 10.2. The third kappa shape index (κ3) is 2.50. The van der Waals surface area contributed by atoms with Crippen molar-refractivity contribution in [1.29, 1.82) is 0 Å². The van der Waals surface area contributed by atoms with Gasteiger partial charge in [0.05, 0.1) is 12.7 Å². The van der Waals surface area contributed by atoms with Crippen LogP contribution in [0.1, 0.15) is 30.5 Å². The van der Waals surface area contributed by atoms with Crippen LogP contribution in [0.5, 0.6) is 17.2 Å². The molecule has 0 amide bonds. The number of ether oxygens (including phenoxy) is 1. The summed E-state index contributed by atoms with van der Waals surface area (Å²) in [5, 5.41) is 20.3. The Morgan fingerprint density at radius 2 is 1.89 bits per heavy atom. The van der Waals surface area contributed by atoms with Crippen LogP contribution in [-0.2, 0) is 6.42 Å².